The van der Waals surface area contributed by atoms with Gasteiger partial charge in [-0.15, -0.1) is 0 Å². The highest BCUT2D eigenvalue weighted by Gasteiger charge is 2.19. The van der Waals surface area contributed by atoms with E-state index in [1.165, 1.54) is 7.11 Å². The number of ether oxygens (including phenoxy) is 2. The van der Waals surface area contributed by atoms with Crippen molar-refractivity contribution in [3.8, 4) is 22.8 Å². The zero-order chi connectivity index (χ0) is 22.4. The number of amides is 1. The van der Waals surface area contributed by atoms with Gasteiger partial charge in [-0.3, -0.25) is 14.9 Å². The predicted octanol–water partition coefficient (Wildman–Crippen LogP) is 5.37. The number of aromatic nitrogens is 3. The zero-order valence-electron chi connectivity index (χ0n) is 18.2. The molecule has 7 nitrogen and oxygen atoms in total. The Bertz CT molecular complexity index is 1030. The summed E-state index contributed by atoms with van der Waals surface area (Å²) >= 11 is 6.41. The van der Waals surface area contributed by atoms with Crippen molar-refractivity contribution >= 4 is 23.3 Å². The molecule has 0 radical (unpaired) electrons. The maximum Gasteiger partial charge on any atom is 0.257 e. The largest absolute Gasteiger partial charge is 0.493 e. The van der Waals surface area contributed by atoms with Gasteiger partial charge in [0, 0.05) is 29.1 Å². The van der Waals surface area contributed by atoms with Gasteiger partial charge in [-0.2, -0.15) is 5.10 Å². The first kappa shape index (κ1) is 22.6. The Morgan fingerprint density at radius 3 is 2.65 bits per heavy atom. The summed E-state index contributed by atoms with van der Waals surface area (Å²) in [6, 6.07) is 6.97. The lowest BCUT2D eigenvalue weighted by Crippen LogP contribution is -2.14. The third-order valence-electron chi connectivity index (χ3n) is 4.85. The molecule has 3 aromatic rings. The number of pyridine rings is 1. The Hall–Kier alpha value is -3.06. The lowest BCUT2D eigenvalue weighted by atomic mass is 10.1. The van der Waals surface area contributed by atoms with E-state index in [0.717, 1.165) is 23.2 Å². The number of hydrogen-bond acceptors (Lipinski definition) is 5. The van der Waals surface area contributed by atoms with Crippen LogP contribution in [-0.4, -0.2) is 34.8 Å². The summed E-state index contributed by atoms with van der Waals surface area (Å²) in [4.78, 5) is 17.0. The Kier molecular flexibility index (Phi) is 7.52. The summed E-state index contributed by atoms with van der Waals surface area (Å²) < 4.78 is 11.2. The van der Waals surface area contributed by atoms with Crippen molar-refractivity contribution in [3.05, 3.63) is 52.8 Å². The standard InChI is InChI=1S/C23H27ClN4O3/c1-5-17-20(15-6-9-25-10-7-15)27-28-22(17)26-23(29)16-12-18(24)21(19(13-16)30-4)31-11-8-14(2)3/h6-7,9-10,12-14H,5,8,11H2,1-4H3,(H2,26,27,28,29). The molecule has 0 saturated heterocycles. The smallest absolute Gasteiger partial charge is 0.257 e. The SMILES string of the molecule is CCc1c(NC(=O)c2cc(Cl)c(OCCC(C)C)c(OC)c2)n[nH]c1-c1ccncc1. The molecular weight excluding hydrogens is 416 g/mol. The van der Waals surface area contributed by atoms with Crippen molar-refractivity contribution in [3.63, 3.8) is 0 Å². The van der Waals surface area contributed by atoms with Gasteiger partial charge >= 0.3 is 0 Å². The number of hydrogen-bond donors (Lipinski definition) is 2. The average molecular weight is 443 g/mol. The molecule has 0 aliphatic carbocycles. The number of methoxy groups -OCH3 is 1. The summed E-state index contributed by atoms with van der Waals surface area (Å²) in [6.45, 7) is 6.77. The number of H-pyrrole nitrogens is 1. The molecular formula is C23H27ClN4O3. The second-order valence-electron chi connectivity index (χ2n) is 7.49. The lowest BCUT2D eigenvalue weighted by Gasteiger charge is -2.15. The first-order valence-corrected chi connectivity index (χ1v) is 10.6. The molecule has 164 valence electrons. The molecule has 31 heavy (non-hydrogen) atoms. The summed E-state index contributed by atoms with van der Waals surface area (Å²) in [5.74, 6) is 1.50. The number of benzene rings is 1. The molecule has 8 heteroatoms. The molecule has 0 spiro atoms. The summed E-state index contributed by atoms with van der Waals surface area (Å²) in [5.41, 5.74) is 3.07. The molecule has 0 aliphatic heterocycles. The third kappa shape index (κ3) is 5.35. The van der Waals surface area contributed by atoms with E-state index in [-0.39, 0.29) is 5.91 Å². The Morgan fingerprint density at radius 2 is 2.00 bits per heavy atom. The molecule has 1 amide bonds. The Morgan fingerprint density at radius 1 is 1.26 bits per heavy atom. The van der Waals surface area contributed by atoms with E-state index < -0.39 is 0 Å². The maximum atomic E-state index is 12.9. The second-order valence-corrected chi connectivity index (χ2v) is 7.90. The molecule has 3 rings (SSSR count). The fraction of sp³-hybridized carbons (Fsp3) is 0.348. The van der Waals surface area contributed by atoms with Gasteiger partial charge in [-0.1, -0.05) is 32.4 Å². The van der Waals surface area contributed by atoms with Gasteiger partial charge in [0.05, 0.1) is 24.4 Å². The summed E-state index contributed by atoms with van der Waals surface area (Å²) in [5, 5.41) is 10.5. The Labute approximate surface area is 187 Å². The number of nitrogens with zero attached hydrogens (tertiary/aromatic N) is 2. The number of carbonyl (C=O) groups is 1. The molecule has 0 aliphatic rings. The van der Waals surface area contributed by atoms with Gasteiger partial charge in [0.1, 0.15) is 0 Å². The molecule has 0 bridgehead atoms. The molecule has 1 aromatic carbocycles. The molecule has 2 N–H and O–H groups in total. The van der Waals surface area contributed by atoms with E-state index >= 15 is 0 Å². The van der Waals surface area contributed by atoms with Crippen LogP contribution in [0.5, 0.6) is 11.5 Å². The predicted molar refractivity (Wildman–Crippen MR) is 122 cm³/mol. The first-order valence-electron chi connectivity index (χ1n) is 10.2. The van der Waals surface area contributed by atoms with Crippen LogP contribution in [0.3, 0.4) is 0 Å². The van der Waals surface area contributed by atoms with E-state index in [1.54, 1.807) is 24.5 Å². The summed E-state index contributed by atoms with van der Waals surface area (Å²) in [6.07, 6.45) is 5.01. The van der Waals surface area contributed by atoms with E-state index in [1.807, 2.05) is 19.1 Å². The van der Waals surface area contributed by atoms with Crippen molar-refractivity contribution < 1.29 is 14.3 Å². The monoisotopic (exact) mass is 442 g/mol. The van der Waals surface area contributed by atoms with Crippen LogP contribution in [0, 0.1) is 5.92 Å². The van der Waals surface area contributed by atoms with Gasteiger partial charge < -0.3 is 14.8 Å². The quantitative estimate of drug-likeness (QED) is 0.464. The molecule has 2 aromatic heterocycles. The normalized spacial score (nSPS) is 10.9. The fourth-order valence-corrected chi connectivity index (χ4v) is 3.40. The van der Waals surface area contributed by atoms with Crippen LogP contribution in [0.1, 0.15) is 43.1 Å². The second kappa shape index (κ2) is 10.3. The van der Waals surface area contributed by atoms with Crippen LogP contribution < -0.4 is 14.8 Å². The van der Waals surface area contributed by atoms with Gasteiger partial charge in [-0.05, 0) is 43.0 Å². The summed E-state index contributed by atoms with van der Waals surface area (Å²) in [7, 11) is 1.52. The number of halogens is 1. The molecule has 0 saturated carbocycles. The highest BCUT2D eigenvalue weighted by atomic mass is 35.5. The number of carbonyl (C=O) groups excluding carboxylic acids is 1. The average Bonchev–Trinajstić information content (AvgIpc) is 3.17. The number of anilines is 1. The minimum atomic E-state index is -0.337. The number of rotatable bonds is 9. The highest BCUT2D eigenvalue weighted by molar-refractivity contribution is 6.32. The minimum absolute atomic E-state index is 0.323. The van der Waals surface area contributed by atoms with E-state index in [2.05, 4.69) is 34.3 Å². The van der Waals surface area contributed by atoms with Crippen molar-refractivity contribution in [2.24, 2.45) is 5.92 Å². The fourth-order valence-electron chi connectivity index (χ4n) is 3.14. The first-order chi connectivity index (χ1) is 14.9. The number of aromatic amines is 1. The van der Waals surface area contributed by atoms with E-state index in [4.69, 9.17) is 21.1 Å². The van der Waals surface area contributed by atoms with Crippen molar-refractivity contribution in [2.45, 2.75) is 33.6 Å². The topological polar surface area (TPSA) is 89.1 Å². The Balaban J connectivity index is 1.82. The van der Waals surface area contributed by atoms with Gasteiger partial charge in [-0.25, -0.2) is 0 Å². The number of nitrogens with one attached hydrogen (secondary N) is 2. The van der Waals surface area contributed by atoms with Crippen LogP contribution >= 0.6 is 11.6 Å². The van der Waals surface area contributed by atoms with Gasteiger partial charge in [0.2, 0.25) is 0 Å². The van der Waals surface area contributed by atoms with Crippen LogP contribution in [0.25, 0.3) is 11.3 Å². The molecule has 0 unspecified atom stereocenters. The van der Waals surface area contributed by atoms with Crippen molar-refractivity contribution in [1.29, 1.82) is 0 Å². The van der Waals surface area contributed by atoms with Gasteiger partial charge in [0.15, 0.2) is 17.3 Å². The van der Waals surface area contributed by atoms with E-state index in [0.29, 0.717) is 46.8 Å². The highest BCUT2D eigenvalue weighted by Crippen LogP contribution is 2.37. The molecule has 0 atom stereocenters. The van der Waals surface area contributed by atoms with Crippen LogP contribution in [0.15, 0.2) is 36.7 Å². The third-order valence-corrected chi connectivity index (χ3v) is 5.14. The lowest BCUT2D eigenvalue weighted by molar-refractivity contribution is 0.102. The van der Waals surface area contributed by atoms with E-state index in [9.17, 15) is 4.79 Å². The van der Waals surface area contributed by atoms with Crippen LogP contribution in [0.4, 0.5) is 5.82 Å². The van der Waals surface area contributed by atoms with Gasteiger partial charge in [0.25, 0.3) is 5.91 Å². The van der Waals surface area contributed by atoms with Crippen molar-refractivity contribution in [2.75, 3.05) is 19.0 Å². The molecule has 2 heterocycles. The molecule has 0 fully saturated rings. The maximum absolute atomic E-state index is 12.9. The van der Waals surface area contributed by atoms with Crippen LogP contribution in [-0.2, 0) is 6.42 Å². The van der Waals surface area contributed by atoms with Crippen molar-refractivity contribution in [1.82, 2.24) is 15.2 Å². The zero-order valence-corrected chi connectivity index (χ0v) is 18.9. The van der Waals surface area contributed by atoms with Crippen LogP contribution in [0.2, 0.25) is 5.02 Å². The minimum Gasteiger partial charge on any atom is -0.493 e.